The Morgan fingerprint density at radius 3 is 2.19 bits per heavy atom. The molecule has 0 aliphatic rings. The molecule has 10 heteroatoms. The summed E-state index contributed by atoms with van der Waals surface area (Å²) in [4.78, 5) is 30.8. The molecule has 0 bridgehead atoms. The fourth-order valence-corrected chi connectivity index (χ4v) is 4.15. The molecule has 0 aliphatic heterocycles. The lowest BCUT2D eigenvalue weighted by Gasteiger charge is -2.13. The first-order valence-electron chi connectivity index (χ1n) is 9.34. The van der Waals surface area contributed by atoms with Crippen LogP contribution in [0.5, 0.6) is 5.75 Å². The van der Waals surface area contributed by atoms with E-state index in [9.17, 15) is 9.59 Å². The van der Waals surface area contributed by atoms with Gasteiger partial charge in [-0.25, -0.2) is 14.2 Å². The Labute approximate surface area is 186 Å². The van der Waals surface area contributed by atoms with E-state index < -0.39 is 11.4 Å². The smallest absolute Gasteiger partial charge is 0.354 e. The highest BCUT2D eigenvalue weighted by molar-refractivity contribution is 7.98. The van der Waals surface area contributed by atoms with E-state index in [2.05, 4.69) is 14.6 Å². The molecule has 4 rings (SSSR count). The van der Waals surface area contributed by atoms with Crippen LogP contribution in [0, 0.1) is 0 Å². The molecule has 0 fully saturated rings. The molecule has 2 heterocycles. The number of hydrogen-bond donors (Lipinski definition) is 0. The van der Waals surface area contributed by atoms with Crippen molar-refractivity contribution < 1.29 is 4.74 Å². The van der Waals surface area contributed by atoms with Crippen molar-refractivity contribution in [3.05, 3.63) is 86.8 Å². The van der Waals surface area contributed by atoms with Crippen molar-refractivity contribution in [2.45, 2.75) is 18.2 Å². The fraction of sp³-hybridized carbons (Fsp3) is 0.190. The van der Waals surface area contributed by atoms with Crippen LogP contribution in [0.1, 0.15) is 11.1 Å². The van der Waals surface area contributed by atoms with Gasteiger partial charge in [0.05, 0.1) is 31.3 Å². The second-order valence-corrected chi connectivity index (χ2v) is 8.22. The predicted molar refractivity (Wildman–Crippen MR) is 121 cm³/mol. The van der Waals surface area contributed by atoms with Gasteiger partial charge in [-0.2, -0.15) is 4.98 Å². The van der Waals surface area contributed by atoms with E-state index in [0.717, 1.165) is 31.9 Å². The van der Waals surface area contributed by atoms with Gasteiger partial charge in [0.15, 0.2) is 5.16 Å². The molecule has 158 valence electrons. The van der Waals surface area contributed by atoms with Crippen LogP contribution in [0.2, 0.25) is 0 Å². The van der Waals surface area contributed by atoms with Gasteiger partial charge in [-0.3, -0.25) is 4.57 Å². The maximum atomic E-state index is 13.2. The minimum Gasteiger partial charge on any atom is -0.497 e. The summed E-state index contributed by atoms with van der Waals surface area (Å²) in [5.41, 5.74) is 1.77. The molecule has 0 N–H and O–H groups in total. The quantitative estimate of drug-likeness (QED) is 0.397. The first-order valence-corrected chi connectivity index (χ1v) is 11.3. The van der Waals surface area contributed by atoms with E-state index in [1.807, 2.05) is 48.5 Å². The summed E-state index contributed by atoms with van der Waals surface area (Å²) in [5.74, 6) is 0.738. The standard InChI is InChI=1S/C21H19N5O3S2/c1-29-17-9-5-15(6-10-17)13-26-20(30-2)23-19(27)25(21(26)28)12-14-3-7-16(8-4-14)18-11-22-24-31-18/h3-11H,12-13H2,1-2H3. The largest absolute Gasteiger partial charge is 0.497 e. The van der Waals surface area contributed by atoms with Crippen LogP contribution in [0.25, 0.3) is 10.4 Å². The molecule has 0 radical (unpaired) electrons. The number of ether oxygens (including phenoxy) is 1. The Morgan fingerprint density at radius 1 is 0.968 bits per heavy atom. The molecule has 8 nitrogen and oxygen atoms in total. The Hall–Kier alpha value is -3.24. The molecule has 0 saturated heterocycles. The molecule has 0 spiro atoms. The zero-order valence-corrected chi connectivity index (χ0v) is 18.5. The van der Waals surface area contributed by atoms with Crippen LogP contribution in [-0.4, -0.2) is 37.1 Å². The fourth-order valence-electron chi connectivity index (χ4n) is 3.10. The maximum absolute atomic E-state index is 13.2. The average molecular weight is 454 g/mol. The first-order chi connectivity index (χ1) is 15.1. The van der Waals surface area contributed by atoms with Crippen LogP contribution in [-0.2, 0) is 13.1 Å². The van der Waals surface area contributed by atoms with Gasteiger partial charge in [-0.1, -0.05) is 52.6 Å². The van der Waals surface area contributed by atoms with Gasteiger partial charge in [0, 0.05) is 0 Å². The number of nitrogens with zero attached hydrogens (tertiary/aromatic N) is 5. The molecule has 0 amide bonds. The number of benzene rings is 2. The molecule has 2 aromatic heterocycles. The molecule has 0 atom stereocenters. The molecule has 0 saturated carbocycles. The van der Waals surface area contributed by atoms with E-state index in [-0.39, 0.29) is 6.54 Å². The number of methoxy groups -OCH3 is 1. The van der Waals surface area contributed by atoms with E-state index in [1.165, 1.54) is 27.9 Å². The predicted octanol–water partition coefficient (Wildman–Crippen LogP) is 2.75. The average Bonchev–Trinajstić information content (AvgIpc) is 3.34. The SMILES string of the molecule is COc1ccc(Cn2c(SC)nc(=O)n(Cc3ccc(-c4cnns4)cc3)c2=O)cc1. The summed E-state index contributed by atoms with van der Waals surface area (Å²) in [6, 6.07) is 15.1. The number of thioether (sulfide) groups is 1. The molecular weight excluding hydrogens is 434 g/mol. The van der Waals surface area contributed by atoms with E-state index in [4.69, 9.17) is 4.74 Å². The second kappa shape index (κ2) is 9.27. The van der Waals surface area contributed by atoms with Crippen molar-refractivity contribution in [2.24, 2.45) is 0 Å². The second-order valence-electron chi connectivity index (χ2n) is 6.66. The number of rotatable bonds is 7. The zero-order chi connectivity index (χ0) is 21.8. The third-order valence-corrected chi connectivity index (χ3v) is 6.13. The van der Waals surface area contributed by atoms with Gasteiger partial charge in [0.1, 0.15) is 5.75 Å². The van der Waals surface area contributed by atoms with E-state index in [1.54, 1.807) is 19.6 Å². The van der Waals surface area contributed by atoms with Gasteiger partial charge < -0.3 is 4.74 Å². The minimum absolute atomic E-state index is 0.142. The van der Waals surface area contributed by atoms with Gasteiger partial charge in [-0.15, -0.1) is 5.10 Å². The first kappa shape index (κ1) is 21.0. The van der Waals surface area contributed by atoms with Crippen LogP contribution >= 0.6 is 23.3 Å². The van der Waals surface area contributed by atoms with Crippen LogP contribution < -0.4 is 16.1 Å². The summed E-state index contributed by atoms with van der Waals surface area (Å²) in [6.45, 7) is 0.451. The van der Waals surface area contributed by atoms with Crippen molar-refractivity contribution in [3.63, 3.8) is 0 Å². The van der Waals surface area contributed by atoms with Gasteiger partial charge in [0.25, 0.3) is 0 Å². The monoisotopic (exact) mass is 453 g/mol. The van der Waals surface area contributed by atoms with Crippen molar-refractivity contribution >= 4 is 23.3 Å². The summed E-state index contributed by atoms with van der Waals surface area (Å²) >= 11 is 2.58. The third kappa shape index (κ3) is 4.59. The molecular formula is C21H19N5O3S2. The van der Waals surface area contributed by atoms with Crippen molar-refractivity contribution in [3.8, 4) is 16.2 Å². The Bertz CT molecular complexity index is 1280. The van der Waals surface area contributed by atoms with Crippen LogP contribution in [0.3, 0.4) is 0 Å². The minimum atomic E-state index is -0.559. The third-order valence-electron chi connectivity index (χ3n) is 4.74. The normalized spacial score (nSPS) is 10.9. The highest BCUT2D eigenvalue weighted by Crippen LogP contribution is 2.22. The Balaban J connectivity index is 1.65. The summed E-state index contributed by atoms with van der Waals surface area (Å²) in [5, 5.41) is 4.23. The van der Waals surface area contributed by atoms with E-state index >= 15 is 0 Å². The van der Waals surface area contributed by atoms with Crippen LogP contribution in [0.15, 0.2) is 69.5 Å². The van der Waals surface area contributed by atoms with Crippen molar-refractivity contribution in [1.29, 1.82) is 0 Å². The lowest BCUT2D eigenvalue weighted by molar-refractivity contribution is 0.414. The van der Waals surface area contributed by atoms with Gasteiger partial charge in [-0.05, 0) is 46.6 Å². The summed E-state index contributed by atoms with van der Waals surface area (Å²) < 4.78 is 11.7. The zero-order valence-electron chi connectivity index (χ0n) is 16.9. The number of hydrogen-bond acceptors (Lipinski definition) is 8. The summed E-state index contributed by atoms with van der Waals surface area (Å²) in [6.07, 6.45) is 3.50. The highest BCUT2D eigenvalue weighted by atomic mass is 32.2. The van der Waals surface area contributed by atoms with Crippen LogP contribution in [0.4, 0.5) is 0 Å². The lowest BCUT2D eigenvalue weighted by atomic mass is 10.1. The van der Waals surface area contributed by atoms with Gasteiger partial charge >= 0.3 is 11.4 Å². The molecule has 4 aromatic rings. The molecule has 0 unspecified atom stereocenters. The Morgan fingerprint density at radius 2 is 1.61 bits per heavy atom. The topological polar surface area (TPSA) is 91.9 Å². The maximum Gasteiger partial charge on any atom is 0.354 e. The molecule has 0 aliphatic carbocycles. The number of aromatic nitrogens is 5. The lowest BCUT2D eigenvalue weighted by Crippen LogP contribution is -2.42. The van der Waals surface area contributed by atoms with Crippen molar-refractivity contribution in [1.82, 2.24) is 23.7 Å². The summed E-state index contributed by atoms with van der Waals surface area (Å²) in [7, 11) is 1.60. The highest BCUT2D eigenvalue weighted by Gasteiger charge is 2.14. The Kier molecular flexibility index (Phi) is 6.28. The van der Waals surface area contributed by atoms with Crippen molar-refractivity contribution in [2.75, 3.05) is 13.4 Å². The molecule has 31 heavy (non-hydrogen) atoms. The van der Waals surface area contributed by atoms with E-state index in [0.29, 0.717) is 11.7 Å². The van der Waals surface area contributed by atoms with Gasteiger partial charge in [0.2, 0.25) is 0 Å². The molecule has 2 aromatic carbocycles.